The number of aliphatic carboxylic acids is 1. The van der Waals surface area contributed by atoms with Crippen LogP contribution in [0.1, 0.15) is 40.0 Å². The van der Waals surface area contributed by atoms with E-state index in [1.165, 1.54) is 4.90 Å². The zero-order valence-corrected chi connectivity index (χ0v) is 14.7. The molecule has 0 radical (unpaired) electrons. The normalized spacial score (nSPS) is 39.1. The van der Waals surface area contributed by atoms with Crippen molar-refractivity contribution < 1.29 is 24.5 Å². The lowest BCUT2D eigenvalue weighted by atomic mass is 9.57. The molecule has 0 aromatic heterocycles. The lowest BCUT2D eigenvalue weighted by Gasteiger charge is -2.56. The van der Waals surface area contributed by atoms with Gasteiger partial charge in [0.1, 0.15) is 16.6 Å². The van der Waals surface area contributed by atoms with Gasteiger partial charge in [-0.1, -0.05) is 0 Å². The Kier molecular flexibility index (Phi) is 4.07. The summed E-state index contributed by atoms with van der Waals surface area (Å²) in [6.45, 7) is 7.88. The summed E-state index contributed by atoms with van der Waals surface area (Å²) in [4.78, 5) is 28.1. The summed E-state index contributed by atoms with van der Waals surface area (Å²) in [6, 6.07) is 0. The molecule has 2 N–H and O–H groups in total. The SMILES string of the molecule is CC(C)(C)OC(=O)N1CCC(O)(C2(C(=O)O)CN3CCC2CC3)C1. The Morgan fingerprint density at radius 2 is 1.75 bits per heavy atom. The van der Waals surface area contributed by atoms with Crippen molar-refractivity contribution in [3.05, 3.63) is 0 Å². The van der Waals surface area contributed by atoms with E-state index in [0.29, 0.717) is 13.1 Å². The van der Waals surface area contributed by atoms with Gasteiger partial charge in [0.05, 0.1) is 6.54 Å². The first kappa shape index (κ1) is 17.5. The Hall–Kier alpha value is -1.34. The molecule has 4 heterocycles. The van der Waals surface area contributed by atoms with E-state index in [1.807, 2.05) is 0 Å². The Bertz CT molecular complexity index is 538. The van der Waals surface area contributed by atoms with E-state index in [0.717, 1.165) is 25.9 Å². The fourth-order valence-corrected chi connectivity index (χ4v) is 4.67. The number of rotatable bonds is 2. The number of piperidine rings is 3. The highest BCUT2D eigenvalue weighted by Gasteiger charge is 2.65. The van der Waals surface area contributed by atoms with Crippen LogP contribution in [0, 0.1) is 11.3 Å². The molecular formula is C17H28N2O5. The quantitative estimate of drug-likeness (QED) is 0.784. The van der Waals surface area contributed by atoms with Gasteiger partial charge in [-0.15, -0.1) is 0 Å². The molecule has 4 fully saturated rings. The molecule has 136 valence electrons. The average molecular weight is 340 g/mol. The van der Waals surface area contributed by atoms with Crippen molar-refractivity contribution >= 4 is 12.1 Å². The molecule has 0 spiro atoms. The number of carboxylic acid groups (broad SMARTS) is 1. The first-order valence-corrected chi connectivity index (χ1v) is 8.73. The van der Waals surface area contributed by atoms with Gasteiger partial charge in [-0.3, -0.25) is 4.79 Å². The third-order valence-corrected chi connectivity index (χ3v) is 5.87. The van der Waals surface area contributed by atoms with Crippen LogP contribution in [0.25, 0.3) is 0 Å². The van der Waals surface area contributed by atoms with Gasteiger partial charge in [-0.2, -0.15) is 0 Å². The van der Waals surface area contributed by atoms with Crippen LogP contribution in [0.2, 0.25) is 0 Å². The predicted molar refractivity (Wildman–Crippen MR) is 86.6 cm³/mol. The number of amides is 1. The van der Waals surface area contributed by atoms with Gasteiger partial charge in [0.15, 0.2) is 0 Å². The minimum atomic E-state index is -1.40. The number of fused-ring (bicyclic) bond motifs is 3. The number of hydrogen-bond acceptors (Lipinski definition) is 5. The second-order valence-electron chi connectivity index (χ2n) is 8.51. The topological polar surface area (TPSA) is 90.3 Å². The number of hydrogen-bond donors (Lipinski definition) is 2. The van der Waals surface area contributed by atoms with Crippen molar-refractivity contribution in [1.82, 2.24) is 9.80 Å². The van der Waals surface area contributed by atoms with Crippen molar-refractivity contribution in [2.24, 2.45) is 11.3 Å². The van der Waals surface area contributed by atoms with Crippen LogP contribution in [0.4, 0.5) is 4.79 Å². The molecule has 1 amide bonds. The third kappa shape index (κ3) is 2.67. The van der Waals surface area contributed by atoms with Gasteiger partial charge >= 0.3 is 12.1 Å². The number of carboxylic acids is 1. The zero-order chi connectivity index (χ0) is 17.8. The summed E-state index contributed by atoms with van der Waals surface area (Å²) in [5.74, 6) is -0.978. The standard InChI is InChI=1S/C17H28N2O5/c1-15(2,3)24-14(22)19-9-6-16(23,10-19)17(13(20)21)11-18-7-4-12(17)5-8-18/h12,23H,4-11H2,1-3H3,(H,20,21). The molecule has 7 nitrogen and oxygen atoms in total. The maximum atomic E-state index is 12.3. The highest BCUT2D eigenvalue weighted by Crippen LogP contribution is 2.52. The van der Waals surface area contributed by atoms with Crippen LogP contribution in [-0.2, 0) is 9.53 Å². The molecule has 4 saturated heterocycles. The van der Waals surface area contributed by atoms with Gasteiger partial charge in [0, 0.05) is 13.1 Å². The zero-order valence-electron chi connectivity index (χ0n) is 14.7. The summed E-state index contributed by atoms with van der Waals surface area (Å²) in [5, 5.41) is 21.3. The van der Waals surface area contributed by atoms with E-state index >= 15 is 0 Å². The number of carbonyl (C=O) groups excluding carboxylic acids is 1. The highest BCUT2D eigenvalue weighted by molar-refractivity contribution is 5.78. The highest BCUT2D eigenvalue weighted by atomic mass is 16.6. The predicted octanol–water partition coefficient (Wildman–Crippen LogP) is 1.15. The van der Waals surface area contributed by atoms with E-state index < -0.39 is 28.7 Å². The smallest absolute Gasteiger partial charge is 0.410 e. The molecule has 2 atom stereocenters. The van der Waals surface area contributed by atoms with Crippen molar-refractivity contribution in [3.63, 3.8) is 0 Å². The van der Waals surface area contributed by atoms with E-state index in [2.05, 4.69) is 4.90 Å². The summed E-state index contributed by atoms with van der Waals surface area (Å²) in [7, 11) is 0. The van der Waals surface area contributed by atoms with Crippen molar-refractivity contribution in [2.45, 2.75) is 51.2 Å². The number of likely N-dealkylation sites (tertiary alicyclic amines) is 1. The van der Waals surface area contributed by atoms with E-state index in [9.17, 15) is 19.8 Å². The van der Waals surface area contributed by atoms with Crippen LogP contribution in [-0.4, -0.2) is 76.0 Å². The van der Waals surface area contributed by atoms with Crippen LogP contribution >= 0.6 is 0 Å². The van der Waals surface area contributed by atoms with E-state index in [-0.39, 0.29) is 18.9 Å². The Morgan fingerprint density at radius 1 is 1.12 bits per heavy atom. The lowest BCUT2D eigenvalue weighted by molar-refractivity contribution is -0.198. The van der Waals surface area contributed by atoms with Gasteiger partial charge in [-0.25, -0.2) is 4.79 Å². The molecule has 2 unspecified atom stereocenters. The largest absolute Gasteiger partial charge is 0.481 e. The molecule has 7 heteroatoms. The van der Waals surface area contributed by atoms with Gasteiger partial charge in [-0.05, 0) is 59.0 Å². The number of nitrogens with zero attached hydrogens (tertiary/aromatic N) is 2. The van der Waals surface area contributed by atoms with Crippen LogP contribution < -0.4 is 0 Å². The van der Waals surface area contributed by atoms with E-state index in [4.69, 9.17) is 4.74 Å². The first-order valence-electron chi connectivity index (χ1n) is 8.73. The average Bonchev–Trinajstić information content (AvgIpc) is 2.90. The van der Waals surface area contributed by atoms with E-state index in [1.54, 1.807) is 20.8 Å². The molecule has 24 heavy (non-hydrogen) atoms. The third-order valence-electron chi connectivity index (χ3n) is 5.87. The number of carbonyl (C=O) groups is 2. The van der Waals surface area contributed by atoms with Gasteiger partial charge < -0.3 is 24.7 Å². The summed E-state index contributed by atoms with van der Waals surface area (Å²) < 4.78 is 5.38. The molecule has 4 rings (SSSR count). The van der Waals surface area contributed by atoms with Crippen LogP contribution in [0.15, 0.2) is 0 Å². The molecule has 0 saturated carbocycles. The molecule has 0 aliphatic carbocycles. The molecular weight excluding hydrogens is 312 g/mol. The van der Waals surface area contributed by atoms with Gasteiger partial charge in [0.25, 0.3) is 0 Å². The van der Waals surface area contributed by atoms with Crippen molar-refractivity contribution in [1.29, 1.82) is 0 Å². The minimum Gasteiger partial charge on any atom is -0.481 e. The molecule has 0 aromatic rings. The number of β-amino-alcohol motifs (C(OH)–C–C–N with tert-alkyl or cyclic N) is 1. The van der Waals surface area contributed by atoms with Crippen LogP contribution in [0.3, 0.4) is 0 Å². The summed E-state index contributed by atoms with van der Waals surface area (Å²) in [6.07, 6.45) is 1.38. The minimum absolute atomic E-state index is 0.0263. The number of aliphatic hydroxyl groups is 1. The maximum absolute atomic E-state index is 12.3. The summed E-state index contributed by atoms with van der Waals surface area (Å²) >= 11 is 0. The monoisotopic (exact) mass is 340 g/mol. The molecule has 4 aliphatic heterocycles. The Morgan fingerprint density at radius 3 is 2.21 bits per heavy atom. The molecule has 4 aliphatic rings. The number of ether oxygens (including phenoxy) is 1. The fraction of sp³-hybridized carbons (Fsp3) is 0.882. The first-order chi connectivity index (χ1) is 11.1. The maximum Gasteiger partial charge on any atom is 0.410 e. The fourth-order valence-electron chi connectivity index (χ4n) is 4.67. The lowest BCUT2D eigenvalue weighted by Crippen LogP contribution is -2.69. The summed E-state index contributed by atoms with van der Waals surface area (Å²) in [5.41, 5.74) is -3.21. The second-order valence-corrected chi connectivity index (χ2v) is 8.51. The Labute approximate surface area is 142 Å². The van der Waals surface area contributed by atoms with Crippen molar-refractivity contribution in [3.8, 4) is 0 Å². The van der Waals surface area contributed by atoms with Crippen molar-refractivity contribution in [2.75, 3.05) is 32.7 Å². The Balaban J connectivity index is 1.82. The molecule has 2 bridgehead atoms. The van der Waals surface area contributed by atoms with Gasteiger partial charge in [0.2, 0.25) is 0 Å². The molecule has 0 aromatic carbocycles. The second kappa shape index (κ2) is 5.59. The van der Waals surface area contributed by atoms with Crippen LogP contribution in [0.5, 0.6) is 0 Å².